The number of aromatic amines is 1. The molecule has 2 aromatic rings. The molecule has 7 heteroatoms. The van der Waals surface area contributed by atoms with Crippen LogP contribution < -0.4 is 10.2 Å². The molecule has 3 heterocycles. The van der Waals surface area contributed by atoms with Crippen LogP contribution in [0, 0.1) is 6.92 Å². The number of nitrogens with one attached hydrogen (secondary N) is 2. The fourth-order valence-electron chi connectivity index (χ4n) is 2.61. The Bertz CT molecular complexity index is 622. The molecule has 0 aliphatic carbocycles. The van der Waals surface area contributed by atoms with Crippen LogP contribution in [0.5, 0.6) is 0 Å². The molecule has 0 bridgehead atoms. The first kappa shape index (κ1) is 13.9. The summed E-state index contributed by atoms with van der Waals surface area (Å²) in [5.41, 5.74) is 2.82. The number of hydrogen-bond donors (Lipinski definition) is 2. The van der Waals surface area contributed by atoms with E-state index in [1.807, 2.05) is 13.0 Å². The van der Waals surface area contributed by atoms with Gasteiger partial charge in [0.1, 0.15) is 0 Å². The van der Waals surface area contributed by atoms with Crippen molar-refractivity contribution in [3.63, 3.8) is 0 Å². The molecular weight excluding hydrogens is 266 g/mol. The Hall–Kier alpha value is -2.02. The second-order valence-corrected chi connectivity index (χ2v) is 5.48. The van der Waals surface area contributed by atoms with Gasteiger partial charge in [0.15, 0.2) is 5.82 Å². The maximum Gasteiger partial charge on any atom is 0.245 e. The van der Waals surface area contributed by atoms with Crippen molar-refractivity contribution >= 4 is 5.95 Å². The smallest absolute Gasteiger partial charge is 0.245 e. The van der Waals surface area contributed by atoms with E-state index in [9.17, 15) is 0 Å². The highest BCUT2D eigenvalue weighted by Crippen LogP contribution is 2.21. The zero-order valence-electron chi connectivity index (χ0n) is 12.7. The van der Waals surface area contributed by atoms with Crippen molar-refractivity contribution in [2.45, 2.75) is 33.2 Å². The molecule has 0 radical (unpaired) electrons. The van der Waals surface area contributed by atoms with Gasteiger partial charge in [0.2, 0.25) is 5.95 Å². The number of piperazine rings is 1. The van der Waals surface area contributed by atoms with Crippen molar-refractivity contribution < 1.29 is 0 Å². The lowest BCUT2D eigenvalue weighted by atomic mass is 10.1. The largest absolute Gasteiger partial charge is 0.337 e. The third kappa shape index (κ3) is 2.87. The molecule has 0 amide bonds. The Morgan fingerprint density at radius 1 is 1.38 bits per heavy atom. The maximum absolute atomic E-state index is 4.65. The van der Waals surface area contributed by atoms with Crippen LogP contribution in [0.3, 0.4) is 0 Å². The Morgan fingerprint density at radius 3 is 3.00 bits per heavy atom. The Morgan fingerprint density at radius 2 is 2.24 bits per heavy atom. The Labute approximate surface area is 124 Å². The molecule has 1 fully saturated rings. The number of H-pyrrole nitrogens is 1. The number of aromatic nitrogens is 5. The Balaban J connectivity index is 1.89. The van der Waals surface area contributed by atoms with Crippen molar-refractivity contribution in [2.24, 2.45) is 0 Å². The zero-order chi connectivity index (χ0) is 14.8. The number of rotatable bonds is 3. The van der Waals surface area contributed by atoms with Crippen molar-refractivity contribution in [3.8, 4) is 11.4 Å². The van der Waals surface area contributed by atoms with E-state index in [0.717, 1.165) is 54.8 Å². The zero-order valence-corrected chi connectivity index (χ0v) is 12.7. The van der Waals surface area contributed by atoms with Crippen LogP contribution in [0.4, 0.5) is 5.95 Å². The summed E-state index contributed by atoms with van der Waals surface area (Å²) in [6, 6.07) is 2.47. The summed E-state index contributed by atoms with van der Waals surface area (Å²) in [4.78, 5) is 6.85. The lowest BCUT2D eigenvalue weighted by Crippen LogP contribution is -2.49. The molecule has 0 spiro atoms. The summed E-state index contributed by atoms with van der Waals surface area (Å²) in [6.45, 7) is 8.98. The van der Waals surface area contributed by atoms with E-state index in [0.29, 0.717) is 6.04 Å². The quantitative estimate of drug-likeness (QED) is 0.874. The van der Waals surface area contributed by atoms with Gasteiger partial charge in [-0.3, -0.25) is 5.10 Å². The SMILES string of the molecule is CCc1nnc(C)cc1-c1nc(N2CCN[C@@H](C)C2)n[nH]1. The lowest BCUT2D eigenvalue weighted by Gasteiger charge is -2.30. The number of anilines is 1. The van der Waals surface area contributed by atoms with Crippen LogP contribution in [0.25, 0.3) is 11.4 Å². The second-order valence-electron chi connectivity index (χ2n) is 5.48. The summed E-state index contributed by atoms with van der Waals surface area (Å²) < 4.78 is 0. The van der Waals surface area contributed by atoms with E-state index in [1.165, 1.54) is 0 Å². The third-order valence-corrected chi connectivity index (χ3v) is 3.71. The van der Waals surface area contributed by atoms with E-state index in [4.69, 9.17) is 0 Å². The van der Waals surface area contributed by atoms with Crippen LogP contribution in [0.15, 0.2) is 6.07 Å². The van der Waals surface area contributed by atoms with Gasteiger partial charge in [0.25, 0.3) is 0 Å². The average Bonchev–Trinajstić information content (AvgIpc) is 2.97. The average molecular weight is 287 g/mol. The van der Waals surface area contributed by atoms with Crippen molar-refractivity contribution in [2.75, 3.05) is 24.5 Å². The summed E-state index contributed by atoms with van der Waals surface area (Å²) in [5.74, 6) is 1.53. The molecule has 2 N–H and O–H groups in total. The predicted octanol–water partition coefficient (Wildman–Crippen LogP) is 0.931. The molecular formula is C14H21N7. The van der Waals surface area contributed by atoms with Gasteiger partial charge in [-0.15, -0.1) is 5.10 Å². The van der Waals surface area contributed by atoms with Gasteiger partial charge in [-0.2, -0.15) is 15.2 Å². The lowest BCUT2D eigenvalue weighted by molar-refractivity contribution is 0.480. The van der Waals surface area contributed by atoms with Crippen molar-refractivity contribution in [1.82, 2.24) is 30.7 Å². The Kier molecular flexibility index (Phi) is 3.83. The molecule has 2 aromatic heterocycles. The molecule has 1 saturated heterocycles. The number of nitrogens with zero attached hydrogens (tertiary/aromatic N) is 5. The fraction of sp³-hybridized carbons (Fsp3) is 0.571. The molecule has 1 aliphatic rings. The summed E-state index contributed by atoms with van der Waals surface area (Å²) >= 11 is 0. The van der Waals surface area contributed by atoms with Gasteiger partial charge in [0.05, 0.1) is 11.4 Å². The van der Waals surface area contributed by atoms with E-state index in [2.05, 4.69) is 49.4 Å². The van der Waals surface area contributed by atoms with Crippen LogP contribution in [-0.2, 0) is 6.42 Å². The third-order valence-electron chi connectivity index (χ3n) is 3.71. The van der Waals surface area contributed by atoms with Gasteiger partial charge in [-0.1, -0.05) is 6.92 Å². The fourth-order valence-corrected chi connectivity index (χ4v) is 2.61. The normalized spacial score (nSPS) is 19.0. The molecule has 21 heavy (non-hydrogen) atoms. The summed E-state index contributed by atoms with van der Waals surface area (Å²) in [5, 5.41) is 19.2. The van der Waals surface area contributed by atoms with E-state index in [-0.39, 0.29) is 0 Å². The van der Waals surface area contributed by atoms with Crippen LogP contribution >= 0.6 is 0 Å². The van der Waals surface area contributed by atoms with Gasteiger partial charge >= 0.3 is 0 Å². The van der Waals surface area contributed by atoms with Gasteiger partial charge in [0, 0.05) is 31.2 Å². The van der Waals surface area contributed by atoms with Gasteiger partial charge in [-0.25, -0.2) is 0 Å². The highest BCUT2D eigenvalue weighted by atomic mass is 15.4. The minimum Gasteiger partial charge on any atom is -0.337 e. The predicted molar refractivity (Wildman–Crippen MR) is 81.2 cm³/mol. The van der Waals surface area contributed by atoms with Crippen LogP contribution in [-0.4, -0.2) is 51.1 Å². The van der Waals surface area contributed by atoms with Gasteiger partial charge < -0.3 is 10.2 Å². The molecule has 7 nitrogen and oxygen atoms in total. The number of hydrogen-bond acceptors (Lipinski definition) is 6. The first-order valence-corrected chi connectivity index (χ1v) is 7.41. The topological polar surface area (TPSA) is 82.6 Å². The number of aryl methyl sites for hydroxylation is 2. The minimum atomic E-state index is 0.455. The van der Waals surface area contributed by atoms with E-state index in [1.54, 1.807) is 0 Å². The first-order valence-electron chi connectivity index (χ1n) is 7.41. The van der Waals surface area contributed by atoms with Gasteiger partial charge in [-0.05, 0) is 26.3 Å². The highest BCUT2D eigenvalue weighted by Gasteiger charge is 2.20. The maximum atomic E-state index is 4.65. The standard InChI is InChI=1S/C14H21N7/c1-4-12-11(7-9(2)17-18-12)13-16-14(20-19-13)21-6-5-15-10(3)8-21/h7,10,15H,4-6,8H2,1-3H3,(H,16,19,20)/t10-/m0/s1. The molecule has 0 aromatic carbocycles. The van der Waals surface area contributed by atoms with Crippen molar-refractivity contribution in [3.05, 3.63) is 17.5 Å². The molecule has 0 unspecified atom stereocenters. The molecule has 0 saturated carbocycles. The second kappa shape index (κ2) is 5.77. The molecule has 1 atom stereocenters. The summed E-state index contributed by atoms with van der Waals surface area (Å²) in [6.07, 6.45) is 0.823. The van der Waals surface area contributed by atoms with E-state index >= 15 is 0 Å². The molecule has 112 valence electrons. The van der Waals surface area contributed by atoms with E-state index < -0.39 is 0 Å². The first-order chi connectivity index (χ1) is 10.2. The highest BCUT2D eigenvalue weighted by molar-refractivity contribution is 5.59. The van der Waals surface area contributed by atoms with Crippen LogP contribution in [0.2, 0.25) is 0 Å². The van der Waals surface area contributed by atoms with Crippen molar-refractivity contribution in [1.29, 1.82) is 0 Å². The molecule has 3 rings (SSSR count). The minimum absolute atomic E-state index is 0.455. The monoisotopic (exact) mass is 287 g/mol. The summed E-state index contributed by atoms with van der Waals surface area (Å²) in [7, 11) is 0. The van der Waals surface area contributed by atoms with Crippen LogP contribution in [0.1, 0.15) is 25.2 Å². The molecule has 1 aliphatic heterocycles.